The lowest BCUT2D eigenvalue weighted by molar-refractivity contribution is 0.0736. The molecular weight excluding hydrogens is 312 g/mol. The van der Waals surface area contributed by atoms with Crippen molar-refractivity contribution in [2.45, 2.75) is 18.8 Å². The predicted octanol–water partition coefficient (Wildman–Crippen LogP) is 0.456. The van der Waals surface area contributed by atoms with Crippen molar-refractivity contribution in [3.05, 3.63) is 30.4 Å². The van der Waals surface area contributed by atoms with Gasteiger partial charge in [-0.3, -0.25) is 14.6 Å². The second-order valence-electron chi connectivity index (χ2n) is 5.76. The minimum absolute atomic E-state index is 0.300. The van der Waals surface area contributed by atoms with Gasteiger partial charge in [-0.25, -0.2) is 0 Å². The molecule has 0 aliphatic carbocycles. The highest BCUT2D eigenvalue weighted by Crippen LogP contribution is 2.30. The van der Waals surface area contributed by atoms with E-state index in [9.17, 15) is 5.11 Å². The molecule has 1 N–H and O–H groups in total. The molecule has 1 aliphatic heterocycles. The minimum atomic E-state index is -0.568. The Kier molecular flexibility index (Phi) is 4.86. The molecule has 2 atom stereocenters. The number of likely N-dealkylation sites (tertiary alicyclic amines) is 1. The molecule has 2 aromatic rings. The molecule has 1 aliphatic rings. The normalized spacial score (nSPS) is 21.0. The highest BCUT2D eigenvalue weighted by Gasteiger charge is 2.34. The Morgan fingerprint density at radius 3 is 2.79 bits per heavy atom. The van der Waals surface area contributed by atoms with Crippen molar-refractivity contribution in [3.8, 4) is 17.2 Å². The number of hydrogen-bond acceptors (Lipinski definition) is 7. The van der Waals surface area contributed by atoms with E-state index in [4.69, 9.17) is 14.2 Å². The number of hydrogen-bond donors (Lipinski definition) is 1. The summed E-state index contributed by atoms with van der Waals surface area (Å²) in [4.78, 5) is 6.46. The number of aliphatic hydroxyl groups excluding tert-OH is 1. The van der Waals surface area contributed by atoms with Gasteiger partial charge in [0, 0.05) is 38.9 Å². The fourth-order valence-electron chi connectivity index (χ4n) is 2.89. The Balaban J connectivity index is 1.67. The number of methoxy groups -OCH3 is 2. The van der Waals surface area contributed by atoms with Crippen LogP contribution in [0.5, 0.6) is 17.2 Å². The average molecular weight is 334 g/mol. The highest BCUT2D eigenvalue weighted by atomic mass is 16.5. The van der Waals surface area contributed by atoms with Crippen LogP contribution in [-0.4, -0.2) is 64.3 Å². The first kappa shape index (κ1) is 16.5. The van der Waals surface area contributed by atoms with E-state index in [0.717, 1.165) is 5.69 Å². The number of rotatable bonds is 6. The van der Waals surface area contributed by atoms with E-state index in [1.54, 1.807) is 43.6 Å². The topological polar surface area (TPSA) is 81.9 Å². The van der Waals surface area contributed by atoms with Crippen molar-refractivity contribution in [2.75, 3.05) is 27.3 Å². The highest BCUT2D eigenvalue weighted by molar-refractivity contribution is 5.42. The van der Waals surface area contributed by atoms with Crippen molar-refractivity contribution in [1.82, 2.24) is 19.7 Å². The van der Waals surface area contributed by atoms with Gasteiger partial charge in [-0.05, 0) is 0 Å². The fourth-order valence-corrected chi connectivity index (χ4v) is 2.89. The third-order valence-corrected chi connectivity index (χ3v) is 4.02. The lowest BCUT2D eigenvalue weighted by atomic mass is 10.2. The van der Waals surface area contributed by atoms with E-state index in [1.165, 1.54) is 0 Å². The summed E-state index contributed by atoms with van der Waals surface area (Å²) in [6, 6.07) is 1.76. The Bertz CT molecular complexity index is 690. The third-order valence-electron chi connectivity index (χ3n) is 4.02. The zero-order chi connectivity index (χ0) is 17.1. The molecule has 0 aromatic carbocycles. The van der Waals surface area contributed by atoms with Crippen LogP contribution < -0.4 is 14.2 Å². The van der Waals surface area contributed by atoms with Crippen LogP contribution in [0.2, 0.25) is 0 Å². The van der Waals surface area contributed by atoms with E-state index < -0.39 is 6.10 Å². The van der Waals surface area contributed by atoms with Crippen LogP contribution >= 0.6 is 0 Å². The van der Waals surface area contributed by atoms with Gasteiger partial charge < -0.3 is 19.3 Å². The van der Waals surface area contributed by atoms with Crippen LogP contribution in [0.3, 0.4) is 0 Å². The van der Waals surface area contributed by atoms with Gasteiger partial charge in [-0.2, -0.15) is 5.10 Å². The second kappa shape index (κ2) is 7.06. The fraction of sp³-hybridized carbons (Fsp3) is 0.500. The number of pyridine rings is 1. The van der Waals surface area contributed by atoms with Crippen LogP contribution in [0.1, 0.15) is 5.69 Å². The summed E-state index contributed by atoms with van der Waals surface area (Å²) < 4.78 is 18.2. The molecule has 8 heteroatoms. The molecule has 24 heavy (non-hydrogen) atoms. The van der Waals surface area contributed by atoms with Gasteiger partial charge >= 0.3 is 0 Å². The number of aromatic nitrogens is 3. The number of nitrogens with zero attached hydrogens (tertiary/aromatic N) is 4. The summed E-state index contributed by atoms with van der Waals surface area (Å²) in [5.41, 5.74) is 0.770. The number of ether oxygens (including phenoxy) is 3. The Morgan fingerprint density at radius 2 is 2.12 bits per heavy atom. The van der Waals surface area contributed by atoms with Crippen molar-refractivity contribution < 1.29 is 19.3 Å². The quantitative estimate of drug-likeness (QED) is 0.821. The lowest BCUT2D eigenvalue weighted by Gasteiger charge is -2.18. The van der Waals surface area contributed by atoms with E-state index in [0.29, 0.717) is 36.9 Å². The summed E-state index contributed by atoms with van der Waals surface area (Å²) in [5, 5.41) is 14.3. The number of aryl methyl sites for hydroxylation is 1. The predicted molar refractivity (Wildman–Crippen MR) is 86.2 cm³/mol. The first-order valence-electron chi connectivity index (χ1n) is 7.72. The van der Waals surface area contributed by atoms with E-state index >= 15 is 0 Å². The zero-order valence-electron chi connectivity index (χ0n) is 14.0. The van der Waals surface area contributed by atoms with Gasteiger partial charge in [-0.1, -0.05) is 0 Å². The van der Waals surface area contributed by atoms with Gasteiger partial charge in [0.05, 0.1) is 26.6 Å². The molecule has 8 nitrogen and oxygen atoms in total. The molecule has 3 rings (SSSR count). The first-order chi connectivity index (χ1) is 11.6. The monoisotopic (exact) mass is 334 g/mol. The standard InChI is InChI=1S/C16H22N4O4/c1-19-7-11(6-18-19)24-15-10-20(9-13(15)21)8-12-16(23-3)14(22-2)4-5-17-12/h4-7,13,15,21H,8-10H2,1-3H3/t13-,15-/m1/s1. The number of β-amino-alcohol motifs (C(OH)–C–C–N with tert-alkyl or cyclic N) is 1. The maximum atomic E-state index is 10.3. The molecule has 0 amide bonds. The summed E-state index contributed by atoms with van der Waals surface area (Å²) in [6.45, 7) is 1.65. The van der Waals surface area contributed by atoms with Crippen molar-refractivity contribution in [1.29, 1.82) is 0 Å². The summed E-state index contributed by atoms with van der Waals surface area (Å²) >= 11 is 0. The van der Waals surface area contributed by atoms with Gasteiger partial charge in [0.25, 0.3) is 0 Å². The molecule has 130 valence electrons. The zero-order valence-corrected chi connectivity index (χ0v) is 14.0. The molecule has 0 unspecified atom stereocenters. The Morgan fingerprint density at radius 1 is 1.29 bits per heavy atom. The maximum Gasteiger partial charge on any atom is 0.183 e. The van der Waals surface area contributed by atoms with E-state index in [2.05, 4.69) is 15.0 Å². The van der Waals surface area contributed by atoms with Crippen LogP contribution in [0.25, 0.3) is 0 Å². The van der Waals surface area contributed by atoms with E-state index in [-0.39, 0.29) is 6.10 Å². The summed E-state index contributed by atoms with van der Waals surface area (Å²) in [7, 11) is 5.01. The smallest absolute Gasteiger partial charge is 0.183 e. The second-order valence-corrected chi connectivity index (χ2v) is 5.76. The lowest BCUT2D eigenvalue weighted by Crippen LogP contribution is -2.29. The minimum Gasteiger partial charge on any atom is -0.493 e. The maximum absolute atomic E-state index is 10.3. The van der Waals surface area contributed by atoms with Gasteiger partial charge in [0.15, 0.2) is 17.2 Å². The molecular formula is C16H22N4O4. The van der Waals surface area contributed by atoms with Gasteiger partial charge in [-0.15, -0.1) is 0 Å². The molecule has 0 saturated carbocycles. The van der Waals surface area contributed by atoms with Crippen LogP contribution in [0.15, 0.2) is 24.7 Å². The van der Waals surface area contributed by atoms with Crippen LogP contribution in [0.4, 0.5) is 0 Å². The summed E-state index contributed by atoms with van der Waals surface area (Å²) in [5.74, 6) is 1.91. The third kappa shape index (κ3) is 3.44. The molecule has 2 aromatic heterocycles. The summed E-state index contributed by atoms with van der Waals surface area (Å²) in [6.07, 6.45) is 4.24. The van der Waals surface area contributed by atoms with Crippen molar-refractivity contribution in [2.24, 2.45) is 7.05 Å². The van der Waals surface area contributed by atoms with Crippen molar-refractivity contribution >= 4 is 0 Å². The molecule has 1 saturated heterocycles. The number of aliphatic hydroxyl groups is 1. The molecule has 3 heterocycles. The first-order valence-corrected chi connectivity index (χ1v) is 7.72. The Hall–Kier alpha value is -2.32. The molecule has 0 radical (unpaired) electrons. The molecule has 1 fully saturated rings. The molecule has 0 bridgehead atoms. The average Bonchev–Trinajstić information content (AvgIpc) is 3.13. The Labute approximate surface area is 140 Å². The van der Waals surface area contributed by atoms with Crippen LogP contribution in [0, 0.1) is 0 Å². The van der Waals surface area contributed by atoms with Gasteiger partial charge in [0.2, 0.25) is 0 Å². The van der Waals surface area contributed by atoms with Crippen molar-refractivity contribution in [3.63, 3.8) is 0 Å². The van der Waals surface area contributed by atoms with Gasteiger partial charge in [0.1, 0.15) is 17.9 Å². The van der Waals surface area contributed by atoms with Crippen LogP contribution in [-0.2, 0) is 13.6 Å². The molecule has 0 spiro atoms. The van der Waals surface area contributed by atoms with E-state index in [1.807, 2.05) is 7.05 Å². The SMILES string of the molecule is COc1ccnc(CN2C[C@@H](O)[C@H](Oc3cnn(C)c3)C2)c1OC. The largest absolute Gasteiger partial charge is 0.493 e.